The van der Waals surface area contributed by atoms with Gasteiger partial charge in [0.25, 0.3) is 0 Å². The van der Waals surface area contributed by atoms with Crippen molar-refractivity contribution in [1.82, 2.24) is 0 Å². The predicted molar refractivity (Wildman–Crippen MR) is 90.2 cm³/mol. The molecule has 1 unspecified atom stereocenters. The maximum absolute atomic E-state index is 12.0. The van der Waals surface area contributed by atoms with E-state index in [9.17, 15) is 13.8 Å². The van der Waals surface area contributed by atoms with Gasteiger partial charge in [0.1, 0.15) is 5.75 Å². The Labute approximate surface area is 140 Å². The first-order chi connectivity index (χ1) is 10.9. The summed E-state index contributed by atoms with van der Waals surface area (Å²) >= 11 is 5.82. The quantitative estimate of drug-likeness (QED) is 0.838. The summed E-state index contributed by atoms with van der Waals surface area (Å²) < 4.78 is 12.0. The number of carbonyl (C=O) groups is 2. The molecular formula is C16H14ClNO4S. The Morgan fingerprint density at radius 2 is 1.87 bits per heavy atom. The van der Waals surface area contributed by atoms with Crippen LogP contribution < -0.4 is 5.32 Å². The molecule has 0 aliphatic carbocycles. The minimum atomic E-state index is -1.44. The largest absolute Gasteiger partial charge is 0.478 e. The van der Waals surface area contributed by atoms with Crippen LogP contribution in [0.15, 0.2) is 48.5 Å². The van der Waals surface area contributed by atoms with Gasteiger partial charge in [-0.05, 0) is 35.9 Å². The third kappa shape index (κ3) is 5.50. The molecule has 0 radical (unpaired) electrons. The van der Waals surface area contributed by atoms with Crippen LogP contribution in [0.3, 0.4) is 0 Å². The van der Waals surface area contributed by atoms with Gasteiger partial charge in [0.15, 0.2) is 0 Å². The van der Waals surface area contributed by atoms with Crippen molar-refractivity contribution < 1.29 is 18.9 Å². The van der Waals surface area contributed by atoms with Crippen LogP contribution in [0.25, 0.3) is 0 Å². The standard InChI is InChI=1S/C16H14ClNO4S/c17-13-5-2-6-14(8-13)18-15(19)10-23(22)9-11-3-1-4-12(7-11)16(20)21/h1-8H,9-10H2,(H,18,19)(H,20,21). The highest BCUT2D eigenvalue weighted by atomic mass is 35.5. The molecule has 120 valence electrons. The molecule has 0 saturated carbocycles. The van der Waals surface area contributed by atoms with Gasteiger partial charge in [0.2, 0.25) is 5.91 Å². The predicted octanol–water partition coefficient (Wildman–Crippen LogP) is 2.93. The van der Waals surface area contributed by atoms with Crippen molar-refractivity contribution in [2.45, 2.75) is 5.75 Å². The van der Waals surface area contributed by atoms with E-state index >= 15 is 0 Å². The van der Waals surface area contributed by atoms with Gasteiger partial charge >= 0.3 is 5.97 Å². The monoisotopic (exact) mass is 351 g/mol. The van der Waals surface area contributed by atoms with Gasteiger partial charge in [-0.1, -0.05) is 29.8 Å². The van der Waals surface area contributed by atoms with Crippen molar-refractivity contribution in [3.63, 3.8) is 0 Å². The molecule has 0 bridgehead atoms. The van der Waals surface area contributed by atoms with Crippen LogP contribution >= 0.6 is 11.6 Å². The number of carbonyl (C=O) groups excluding carboxylic acids is 1. The first-order valence-electron chi connectivity index (χ1n) is 6.66. The van der Waals surface area contributed by atoms with Crippen LogP contribution in [0.5, 0.6) is 0 Å². The number of amides is 1. The summed E-state index contributed by atoms with van der Waals surface area (Å²) in [7, 11) is -1.44. The SMILES string of the molecule is O=C(CS(=O)Cc1cccc(C(=O)O)c1)Nc1cccc(Cl)c1. The highest BCUT2D eigenvalue weighted by molar-refractivity contribution is 7.84. The summed E-state index contributed by atoms with van der Waals surface area (Å²) in [6.45, 7) is 0. The molecule has 0 aliphatic heterocycles. The fraction of sp³-hybridized carbons (Fsp3) is 0.125. The van der Waals surface area contributed by atoms with Gasteiger partial charge < -0.3 is 10.4 Å². The number of rotatable bonds is 6. The Morgan fingerprint density at radius 3 is 2.57 bits per heavy atom. The average Bonchev–Trinajstić information content (AvgIpc) is 2.47. The number of benzene rings is 2. The minimum absolute atomic E-state index is 0.115. The maximum atomic E-state index is 12.0. The van der Waals surface area contributed by atoms with Gasteiger partial charge in [-0.3, -0.25) is 9.00 Å². The van der Waals surface area contributed by atoms with Crippen molar-refractivity contribution in [2.75, 3.05) is 11.1 Å². The molecule has 1 atom stereocenters. The van der Waals surface area contributed by atoms with E-state index in [2.05, 4.69) is 5.32 Å². The molecule has 0 spiro atoms. The molecule has 1 amide bonds. The number of anilines is 1. The van der Waals surface area contributed by atoms with E-state index in [0.717, 1.165) is 0 Å². The van der Waals surface area contributed by atoms with Crippen molar-refractivity contribution >= 4 is 40.0 Å². The van der Waals surface area contributed by atoms with Gasteiger partial charge in [-0.15, -0.1) is 0 Å². The summed E-state index contributed by atoms with van der Waals surface area (Å²) in [5, 5.41) is 12.0. The maximum Gasteiger partial charge on any atom is 0.335 e. The number of aromatic carboxylic acids is 1. The van der Waals surface area contributed by atoms with E-state index < -0.39 is 16.8 Å². The Bertz CT molecular complexity index is 763. The minimum Gasteiger partial charge on any atom is -0.478 e. The zero-order valence-electron chi connectivity index (χ0n) is 12.0. The number of hydrogen-bond acceptors (Lipinski definition) is 3. The lowest BCUT2D eigenvalue weighted by atomic mass is 10.1. The second kappa shape index (κ2) is 7.89. The lowest BCUT2D eigenvalue weighted by molar-refractivity contribution is -0.113. The molecule has 5 nitrogen and oxygen atoms in total. The number of halogens is 1. The van der Waals surface area contributed by atoms with Crippen molar-refractivity contribution in [1.29, 1.82) is 0 Å². The molecule has 0 aromatic heterocycles. The molecule has 2 rings (SSSR count). The smallest absolute Gasteiger partial charge is 0.335 e. The van der Waals surface area contributed by atoms with E-state index in [-0.39, 0.29) is 23.0 Å². The summed E-state index contributed by atoms with van der Waals surface area (Å²) in [6.07, 6.45) is 0. The molecule has 0 aliphatic rings. The number of carboxylic acid groups (broad SMARTS) is 1. The van der Waals surface area contributed by atoms with Crippen LogP contribution in [-0.4, -0.2) is 26.9 Å². The molecule has 23 heavy (non-hydrogen) atoms. The van der Waals surface area contributed by atoms with Crippen LogP contribution in [0.1, 0.15) is 15.9 Å². The first kappa shape index (κ1) is 17.2. The van der Waals surface area contributed by atoms with Crippen molar-refractivity contribution in [2.24, 2.45) is 0 Å². The molecule has 0 saturated heterocycles. The molecule has 0 heterocycles. The summed E-state index contributed by atoms with van der Waals surface area (Å²) in [5.41, 5.74) is 1.27. The van der Waals surface area contributed by atoms with E-state index in [4.69, 9.17) is 16.7 Å². The normalized spacial score (nSPS) is 11.7. The van der Waals surface area contributed by atoms with E-state index in [1.165, 1.54) is 12.1 Å². The Balaban J connectivity index is 1.93. The zero-order valence-corrected chi connectivity index (χ0v) is 13.6. The zero-order chi connectivity index (χ0) is 16.8. The highest BCUT2D eigenvalue weighted by Gasteiger charge is 2.11. The van der Waals surface area contributed by atoms with Crippen molar-refractivity contribution in [3.05, 3.63) is 64.7 Å². The summed E-state index contributed by atoms with van der Waals surface area (Å²) in [5.74, 6) is -1.50. The third-order valence-electron chi connectivity index (χ3n) is 2.90. The van der Waals surface area contributed by atoms with Gasteiger partial charge in [-0.25, -0.2) is 4.79 Å². The number of carboxylic acids is 1. The van der Waals surface area contributed by atoms with Crippen LogP contribution in [0.2, 0.25) is 5.02 Å². The second-order valence-corrected chi connectivity index (χ2v) is 6.69. The molecule has 2 aromatic carbocycles. The lowest BCUT2D eigenvalue weighted by Crippen LogP contribution is -2.20. The molecule has 0 fully saturated rings. The lowest BCUT2D eigenvalue weighted by Gasteiger charge is -2.06. The Hall–Kier alpha value is -2.18. The topological polar surface area (TPSA) is 83.5 Å². The molecule has 2 aromatic rings. The van der Waals surface area contributed by atoms with E-state index in [1.807, 2.05) is 0 Å². The number of hydrogen-bond donors (Lipinski definition) is 2. The molecule has 2 N–H and O–H groups in total. The summed E-state index contributed by atoms with van der Waals surface area (Å²) in [4.78, 5) is 22.8. The first-order valence-corrected chi connectivity index (χ1v) is 8.53. The average molecular weight is 352 g/mol. The van der Waals surface area contributed by atoms with E-state index in [1.54, 1.807) is 36.4 Å². The van der Waals surface area contributed by atoms with Crippen molar-refractivity contribution in [3.8, 4) is 0 Å². The Morgan fingerprint density at radius 1 is 1.13 bits per heavy atom. The second-order valence-electron chi connectivity index (χ2n) is 4.79. The van der Waals surface area contributed by atoms with E-state index in [0.29, 0.717) is 16.3 Å². The summed E-state index contributed by atoms with van der Waals surface area (Å²) in [6, 6.07) is 12.8. The Kier molecular flexibility index (Phi) is 5.90. The highest BCUT2D eigenvalue weighted by Crippen LogP contribution is 2.15. The van der Waals surface area contributed by atoms with Gasteiger partial charge in [0, 0.05) is 27.3 Å². The third-order valence-corrected chi connectivity index (χ3v) is 4.38. The van der Waals surface area contributed by atoms with Gasteiger partial charge in [0.05, 0.1) is 5.56 Å². The number of nitrogens with one attached hydrogen (secondary N) is 1. The van der Waals surface area contributed by atoms with Crippen LogP contribution in [-0.2, 0) is 21.3 Å². The fourth-order valence-electron chi connectivity index (χ4n) is 1.94. The van der Waals surface area contributed by atoms with Gasteiger partial charge in [-0.2, -0.15) is 0 Å². The van der Waals surface area contributed by atoms with Crippen LogP contribution in [0, 0.1) is 0 Å². The molecule has 7 heteroatoms. The fourth-order valence-corrected chi connectivity index (χ4v) is 3.15. The van der Waals surface area contributed by atoms with Crippen LogP contribution in [0.4, 0.5) is 5.69 Å². The molecular weight excluding hydrogens is 338 g/mol.